The molecular formula is C11H6F2N2O3S. The van der Waals surface area contributed by atoms with Gasteiger partial charge in [0.05, 0.1) is 15.5 Å². The van der Waals surface area contributed by atoms with Gasteiger partial charge in [-0.1, -0.05) is 11.3 Å². The Bertz CT molecular complexity index is 657. The Morgan fingerprint density at radius 3 is 2.63 bits per heavy atom. The van der Waals surface area contributed by atoms with Crippen molar-refractivity contribution in [3.05, 3.63) is 57.0 Å². The number of halogens is 2. The summed E-state index contributed by atoms with van der Waals surface area (Å²) in [5, 5.41) is 12.4. The zero-order valence-electron chi connectivity index (χ0n) is 9.22. The van der Waals surface area contributed by atoms with Gasteiger partial charge in [0.15, 0.2) is 0 Å². The van der Waals surface area contributed by atoms with Gasteiger partial charge in [0.1, 0.15) is 11.6 Å². The van der Waals surface area contributed by atoms with Crippen molar-refractivity contribution in [3.63, 3.8) is 0 Å². The molecule has 0 aliphatic heterocycles. The van der Waals surface area contributed by atoms with Gasteiger partial charge in [0, 0.05) is 12.1 Å². The average Bonchev–Trinajstić information content (AvgIpc) is 2.83. The van der Waals surface area contributed by atoms with Crippen molar-refractivity contribution in [1.82, 2.24) is 0 Å². The second-order valence-corrected chi connectivity index (χ2v) is 4.54. The van der Waals surface area contributed by atoms with Crippen LogP contribution in [0.2, 0.25) is 0 Å². The highest BCUT2D eigenvalue weighted by atomic mass is 32.1. The van der Waals surface area contributed by atoms with E-state index in [1.54, 1.807) is 0 Å². The van der Waals surface area contributed by atoms with E-state index in [-0.39, 0.29) is 15.6 Å². The number of carbonyl (C=O) groups is 1. The first-order valence-electron chi connectivity index (χ1n) is 4.98. The minimum atomic E-state index is -0.791. The molecule has 98 valence electrons. The number of nitrogens with zero attached hydrogens (tertiary/aromatic N) is 1. The van der Waals surface area contributed by atoms with Gasteiger partial charge >= 0.3 is 5.00 Å². The summed E-state index contributed by atoms with van der Waals surface area (Å²) in [5.74, 6) is -2.22. The number of benzene rings is 1. The fourth-order valence-corrected chi connectivity index (χ4v) is 2.04. The summed E-state index contributed by atoms with van der Waals surface area (Å²) in [6.45, 7) is 0. The number of carbonyl (C=O) groups excluding carboxylic acids is 1. The lowest BCUT2D eigenvalue weighted by atomic mass is 10.3. The predicted molar refractivity (Wildman–Crippen MR) is 65.3 cm³/mol. The number of amides is 1. The van der Waals surface area contributed by atoms with Crippen LogP contribution in [0.15, 0.2) is 30.3 Å². The van der Waals surface area contributed by atoms with Crippen LogP contribution in [-0.2, 0) is 0 Å². The fraction of sp³-hybridized carbons (Fsp3) is 0. The maximum absolute atomic E-state index is 13.3. The van der Waals surface area contributed by atoms with E-state index in [1.807, 2.05) is 0 Å². The molecule has 0 aliphatic carbocycles. The van der Waals surface area contributed by atoms with E-state index in [0.717, 1.165) is 18.2 Å². The molecule has 8 heteroatoms. The standard InChI is InChI=1S/C11H6F2N2O3S/c12-6-1-2-7(13)8(5-6)14-11(16)9-3-4-10(19-9)15(17)18/h1-5H,(H,14,16). The molecule has 0 radical (unpaired) electrons. The zero-order valence-corrected chi connectivity index (χ0v) is 10.0. The molecule has 1 aromatic heterocycles. The molecule has 1 amide bonds. The second-order valence-electron chi connectivity index (χ2n) is 3.47. The average molecular weight is 284 g/mol. The van der Waals surface area contributed by atoms with Crippen molar-refractivity contribution in [2.75, 3.05) is 5.32 Å². The Morgan fingerprint density at radius 2 is 2.00 bits per heavy atom. The van der Waals surface area contributed by atoms with E-state index in [1.165, 1.54) is 12.1 Å². The van der Waals surface area contributed by atoms with Crippen molar-refractivity contribution >= 4 is 27.9 Å². The maximum Gasteiger partial charge on any atom is 0.324 e. The van der Waals surface area contributed by atoms with Gasteiger partial charge in [0.25, 0.3) is 5.91 Å². The monoisotopic (exact) mass is 284 g/mol. The molecule has 5 nitrogen and oxygen atoms in total. The number of rotatable bonds is 3. The number of hydrogen-bond donors (Lipinski definition) is 1. The van der Waals surface area contributed by atoms with Crippen molar-refractivity contribution in [2.24, 2.45) is 0 Å². The van der Waals surface area contributed by atoms with Crippen LogP contribution >= 0.6 is 11.3 Å². The third-order valence-corrected chi connectivity index (χ3v) is 3.21. The van der Waals surface area contributed by atoms with E-state index < -0.39 is 22.5 Å². The lowest BCUT2D eigenvalue weighted by Crippen LogP contribution is -2.11. The molecule has 2 aromatic rings. The number of anilines is 1. The van der Waals surface area contributed by atoms with Crippen molar-refractivity contribution in [3.8, 4) is 0 Å². The van der Waals surface area contributed by atoms with Crippen molar-refractivity contribution in [1.29, 1.82) is 0 Å². The van der Waals surface area contributed by atoms with Gasteiger partial charge in [-0.15, -0.1) is 0 Å². The second kappa shape index (κ2) is 5.11. The highest BCUT2D eigenvalue weighted by Gasteiger charge is 2.16. The Labute approximate surface area is 109 Å². The molecule has 1 heterocycles. The van der Waals surface area contributed by atoms with Crippen LogP contribution in [0.3, 0.4) is 0 Å². The molecule has 2 rings (SSSR count). The Kier molecular flexibility index (Phi) is 3.52. The molecule has 0 bridgehead atoms. The Morgan fingerprint density at radius 1 is 1.26 bits per heavy atom. The molecule has 0 atom stereocenters. The molecule has 0 aliphatic rings. The summed E-state index contributed by atoms with van der Waals surface area (Å²) in [6.07, 6.45) is 0. The van der Waals surface area contributed by atoms with Gasteiger partial charge in [-0.3, -0.25) is 14.9 Å². The zero-order chi connectivity index (χ0) is 14.0. The molecule has 19 heavy (non-hydrogen) atoms. The molecular weight excluding hydrogens is 278 g/mol. The largest absolute Gasteiger partial charge is 0.324 e. The van der Waals surface area contributed by atoms with E-state index in [4.69, 9.17) is 0 Å². The molecule has 0 unspecified atom stereocenters. The summed E-state index contributed by atoms with van der Waals surface area (Å²) in [4.78, 5) is 21.6. The first kappa shape index (κ1) is 13.1. The van der Waals surface area contributed by atoms with Gasteiger partial charge < -0.3 is 5.32 Å². The highest BCUT2D eigenvalue weighted by molar-refractivity contribution is 7.17. The maximum atomic E-state index is 13.3. The third kappa shape index (κ3) is 2.91. The number of hydrogen-bond acceptors (Lipinski definition) is 4. The summed E-state index contributed by atoms with van der Waals surface area (Å²) in [7, 11) is 0. The predicted octanol–water partition coefficient (Wildman–Crippen LogP) is 3.19. The molecule has 0 saturated carbocycles. The summed E-state index contributed by atoms with van der Waals surface area (Å²) < 4.78 is 26.2. The van der Waals surface area contributed by atoms with Crippen LogP contribution in [0.1, 0.15) is 9.67 Å². The summed E-state index contributed by atoms with van der Waals surface area (Å²) >= 11 is 0.651. The highest BCUT2D eigenvalue weighted by Crippen LogP contribution is 2.25. The molecule has 0 fully saturated rings. The normalized spacial score (nSPS) is 10.2. The quantitative estimate of drug-likeness (QED) is 0.695. The van der Waals surface area contributed by atoms with Gasteiger partial charge in [-0.2, -0.15) is 0 Å². The van der Waals surface area contributed by atoms with Gasteiger partial charge in [0.2, 0.25) is 0 Å². The Balaban J connectivity index is 2.20. The summed E-state index contributed by atoms with van der Waals surface area (Å²) in [6, 6.07) is 5.04. The molecule has 0 spiro atoms. The Hall–Kier alpha value is -2.35. The van der Waals surface area contributed by atoms with Crippen LogP contribution in [0, 0.1) is 21.7 Å². The first-order valence-corrected chi connectivity index (χ1v) is 5.79. The number of nitrogens with one attached hydrogen (secondary N) is 1. The molecule has 0 saturated heterocycles. The van der Waals surface area contributed by atoms with Crippen LogP contribution in [0.5, 0.6) is 0 Å². The SMILES string of the molecule is O=C(Nc1cc(F)ccc1F)c1ccc([N+](=O)[O-])s1. The van der Waals surface area contributed by atoms with Crippen LogP contribution in [0.25, 0.3) is 0 Å². The fourth-order valence-electron chi connectivity index (χ4n) is 1.33. The smallest absolute Gasteiger partial charge is 0.319 e. The van der Waals surface area contributed by atoms with E-state index in [9.17, 15) is 23.7 Å². The van der Waals surface area contributed by atoms with E-state index in [2.05, 4.69) is 5.32 Å². The first-order chi connectivity index (χ1) is 8.97. The van der Waals surface area contributed by atoms with Crippen LogP contribution < -0.4 is 5.32 Å². The van der Waals surface area contributed by atoms with Crippen molar-refractivity contribution in [2.45, 2.75) is 0 Å². The summed E-state index contributed by atoms with van der Waals surface area (Å²) in [5.41, 5.74) is -0.318. The molecule has 1 aromatic carbocycles. The minimum absolute atomic E-state index is 0.0374. The topological polar surface area (TPSA) is 72.2 Å². The molecule has 1 N–H and O–H groups in total. The number of thiophene rings is 1. The van der Waals surface area contributed by atoms with Gasteiger partial charge in [-0.25, -0.2) is 8.78 Å². The van der Waals surface area contributed by atoms with Crippen LogP contribution in [-0.4, -0.2) is 10.8 Å². The van der Waals surface area contributed by atoms with Gasteiger partial charge in [-0.05, 0) is 18.2 Å². The van der Waals surface area contributed by atoms with E-state index in [0.29, 0.717) is 11.3 Å². The minimum Gasteiger partial charge on any atom is -0.319 e. The number of nitro groups is 1. The van der Waals surface area contributed by atoms with E-state index >= 15 is 0 Å². The third-order valence-electron chi connectivity index (χ3n) is 2.17. The van der Waals surface area contributed by atoms with Crippen molar-refractivity contribution < 1.29 is 18.5 Å². The van der Waals surface area contributed by atoms with Crippen LogP contribution in [0.4, 0.5) is 19.5 Å². The lowest BCUT2D eigenvalue weighted by Gasteiger charge is -2.04. The lowest BCUT2D eigenvalue weighted by molar-refractivity contribution is -0.380.